The summed E-state index contributed by atoms with van der Waals surface area (Å²) in [5.41, 5.74) is 2.98. The van der Waals surface area contributed by atoms with Crippen LogP contribution in [0.15, 0.2) is 102 Å². The van der Waals surface area contributed by atoms with Crippen LogP contribution in [-0.2, 0) is 11.3 Å². The van der Waals surface area contributed by atoms with Crippen LogP contribution in [0.25, 0.3) is 10.9 Å². The molecular formula is C24H20N2OS. The van der Waals surface area contributed by atoms with Gasteiger partial charge in [-0.25, -0.2) is 4.98 Å². The maximum atomic E-state index is 13.0. The van der Waals surface area contributed by atoms with Gasteiger partial charge in [0.15, 0.2) is 0 Å². The Morgan fingerprint density at radius 1 is 0.821 bits per heavy atom. The largest absolute Gasteiger partial charge is 0.351 e. The number of rotatable bonds is 6. The van der Waals surface area contributed by atoms with Gasteiger partial charge in [-0.15, -0.1) is 0 Å². The molecule has 0 aliphatic heterocycles. The van der Waals surface area contributed by atoms with Crippen LogP contribution in [0.3, 0.4) is 0 Å². The summed E-state index contributed by atoms with van der Waals surface area (Å²) >= 11 is 1.48. The summed E-state index contributed by atoms with van der Waals surface area (Å²) in [4.78, 5) is 17.7. The van der Waals surface area contributed by atoms with Crippen molar-refractivity contribution >= 4 is 28.6 Å². The van der Waals surface area contributed by atoms with Crippen molar-refractivity contribution in [2.75, 3.05) is 0 Å². The monoisotopic (exact) mass is 384 g/mol. The highest BCUT2D eigenvalue weighted by molar-refractivity contribution is 8.00. The quantitative estimate of drug-likeness (QED) is 0.454. The van der Waals surface area contributed by atoms with Crippen LogP contribution in [0.5, 0.6) is 0 Å². The van der Waals surface area contributed by atoms with E-state index in [9.17, 15) is 4.79 Å². The van der Waals surface area contributed by atoms with E-state index in [0.29, 0.717) is 6.54 Å². The minimum Gasteiger partial charge on any atom is -0.351 e. The molecule has 0 bridgehead atoms. The van der Waals surface area contributed by atoms with Gasteiger partial charge in [-0.1, -0.05) is 96.7 Å². The van der Waals surface area contributed by atoms with Gasteiger partial charge in [-0.05, 0) is 23.3 Å². The molecule has 1 N–H and O–H groups in total. The van der Waals surface area contributed by atoms with Crippen molar-refractivity contribution in [3.63, 3.8) is 0 Å². The molecule has 0 radical (unpaired) electrons. The zero-order valence-electron chi connectivity index (χ0n) is 15.3. The zero-order valence-corrected chi connectivity index (χ0v) is 16.1. The molecule has 0 saturated carbocycles. The number of nitrogens with zero attached hydrogens (tertiary/aromatic N) is 1. The minimum absolute atomic E-state index is 0.0185. The van der Waals surface area contributed by atoms with E-state index >= 15 is 0 Å². The van der Waals surface area contributed by atoms with E-state index < -0.39 is 0 Å². The molecule has 0 aliphatic carbocycles. The Labute approximate surface area is 168 Å². The molecule has 0 saturated heterocycles. The summed E-state index contributed by atoms with van der Waals surface area (Å²) in [6, 6.07) is 31.8. The molecule has 0 aliphatic rings. The summed E-state index contributed by atoms with van der Waals surface area (Å²) in [5.74, 6) is -0.0185. The Balaban J connectivity index is 1.57. The second kappa shape index (κ2) is 8.72. The number of amides is 1. The number of para-hydroxylation sites is 1. The van der Waals surface area contributed by atoms with Gasteiger partial charge in [-0.3, -0.25) is 4.79 Å². The molecule has 28 heavy (non-hydrogen) atoms. The fraction of sp³-hybridized carbons (Fsp3) is 0.0833. The lowest BCUT2D eigenvalue weighted by atomic mass is 10.1. The molecule has 1 amide bonds. The molecular weight excluding hydrogens is 364 g/mol. The van der Waals surface area contributed by atoms with Crippen molar-refractivity contribution in [2.24, 2.45) is 0 Å². The summed E-state index contributed by atoms with van der Waals surface area (Å²) in [6.45, 7) is 0.509. The van der Waals surface area contributed by atoms with Crippen molar-refractivity contribution in [1.29, 1.82) is 0 Å². The van der Waals surface area contributed by atoms with Gasteiger partial charge >= 0.3 is 0 Å². The molecule has 4 heteroatoms. The number of thioether (sulfide) groups is 1. The van der Waals surface area contributed by atoms with E-state index in [1.165, 1.54) is 11.8 Å². The van der Waals surface area contributed by atoms with Crippen molar-refractivity contribution < 1.29 is 4.79 Å². The lowest BCUT2D eigenvalue weighted by Crippen LogP contribution is -2.27. The van der Waals surface area contributed by atoms with Crippen molar-refractivity contribution in [1.82, 2.24) is 10.3 Å². The maximum Gasteiger partial charge on any atom is 0.238 e. The van der Waals surface area contributed by atoms with Gasteiger partial charge in [0, 0.05) is 11.9 Å². The number of hydrogen-bond acceptors (Lipinski definition) is 3. The topological polar surface area (TPSA) is 42.0 Å². The average Bonchev–Trinajstić information content (AvgIpc) is 2.77. The Kier molecular flexibility index (Phi) is 5.69. The molecule has 4 aromatic rings. The van der Waals surface area contributed by atoms with Crippen LogP contribution in [0.2, 0.25) is 0 Å². The van der Waals surface area contributed by atoms with Crippen LogP contribution in [0.1, 0.15) is 16.4 Å². The molecule has 1 unspecified atom stereocenters. The number of carbonyl (C=O) groups is 1. The highest BCUT2D eigenvalue weighted by Crippen LogP contribution is 2.35. The fourth-order valence-corrected chi connectivity index (χ4v) is 4.03. The first-order chi connectivity index (χ1) is 13.8. The van der Waals surface area contributed by atoms with Crippen LogP contribution >= 0.6 is 11.8 Å². The van der Waals surface area contributed by atoms with Crippen LogP contribution in [0.4, 0.5) is 0 Å². The zero-order chi connectivity index (χ0) is 19.2. The standard InChI is InChI=1S/C24H20N2OS/c27-24(25-17-18-9-3-1-4-10-18)23(20-12-5-2-6-13-20)28-22-16-15-19-11-7-8-14-21(19)26-22/h1-16,23H,17H2,(H,25,27). The third-order valence-corrected chi connectivity index (χ3v) is 5.65. The SMILES string of the molecule is O=C(NCc1ccccc1)C(Sc1ccc2ccccc2n1)c1ccccc1. The van der Waals surface area contributed by atoms with Gasteiger partial charge in [0.05, 0.1) is 10.5 Å². The molecule has 0 spiro atoms. The molecule has 3 aromatic carbocycles. The number of hydrogen-bond donors (Lipinski definition) is 1. The van der Waals surface area contributed by atoms with E-state index in [0.717, 1.165) is 27.1 Å². The Hall–Kier alpha value is -3.11. The summed E-state index contributed by atoms with van der Waals surface area (Å²) in [6.07, 6.45) is 0. The predicted molar refractivity (Wildman–Crippen MR) is 115 cm³/mol. The molecule has 4 rings (SSSR count). The maximum absolute atomic E-state index is 13.0. The Morgan fingerprint density at radius 2 is 1.50 bits per heavy atom. The first kappa shape index (κ1) is 18.3. The first-order valence-electron chi connectivity index (χ1n) is 9.19. The number of nitrogens with one attached hydrogen (secondary N) is 1. The number of fused-ring (bicyclic) bond motifs is 1. The number of aromatic nitrogens is 1. The van der Waals surface area contributed by atoms with Crippen molar-refractivity contribution in [3.05, 3.63) is 108 Å². The van der Waals surface area contributed by atoms with Gasteiger partial charge in [0.25, 0.3) is 0 Å². The summed E-state index contributed by atoms with van der Waals surface area (Å²) in [7, 11) is 0. The van der Waals surface area contributed by atoms with E-state index in [-0.39, 0.29) is 11.2 Å². The lowest BCUT2D eigenvalue weighted by Gasteiger charge is -2.17. The summed E-state index contributed by atoms with van der Waals surface area (Å²) in [5, 5.41) is 4.63. The molecule has 3 nitrogen and oxygen atoms in total. The number of pyridine rings is 1. The summed E-state index contributed by atoms with van der Waals surface area (Å²) < 4.78 is 0. The van der Waals surface area contributed by atoms with Crippen LogP contribution in [0, 0.1) is 0 Å². The highest BCUT2D eigenvalue weighted by Gasteiger charge is 2.22. The van der Waals surface area contributed by atoms with E-state index in [1.807, 2.05) is 91.0 Å². The Morgan fingerprint density at radius 3 is 2.29 bits per heavy atom. The van der Waals surface area contributed by atoms with E-state index in [1.54, 1.807) is 0 Å². The number of benzene rings is 3. The van der Waals surface area contributed by atoms with Crippen molar-refractivity contribution in [3.8, 4) is 0 Å². The minimum atomic E-state index is -0.362. The molecule has 0 fully saturated rings. The third-order valence-electron chi connectivity index (χ3n) is 4.46. The lowest BCUT2D eigenvalue weighted by molar-refractivity contribution is -0.120. The molecule has 1 aromatic heterocycles. The van der Waals surface area contributed by atoms with Crippen molar-refractivity contribution in [2.45, 2.75) is 16.8 Å². The smallest absolute Gasteiger partial charge is 0.238 e. The van der Waals surface area contributed by atoms with Crippen LogP contribution < -0.4 is 5.32 Å². The van der Waals surface area contributed by atoms with Gasteiger partial charge in [0.1, 0.15) is 5.25 Å². The Bertz CT molecular complexity index is 1070. The van der Waals surface area contributed by atoms with Gasteiger partial charge < -0.3 is 5.32 Å². The first-order valence-corrected chi connectivity index (χ1v) is 10.1. The van der Waals surface area contributed by atoms with E-state index in [4.69, 9.17) is 4.98 Å². The average molecular weight is 385 g/mol. The highest BCUT2D eigenvalue weighted by atomic mass is 32.2. The molecule has 138 valence electrons. The third kappa shape index (κ3) is 4.41. The number of carbonyl (C=O) groups excluding carboxylic acids is 1. The molecule has 1 heterocycles. The van der Waals surface area contributed by atoms with Gasteiger partial charge in [0.2, 0.25) is 5.91 Å². The second-order valence-corrected chi connectivity index (χ2v) is 7.58. The second-order valence-electron chi connectivity index (χ2n) is 6.45. The van der Waals surface area contributed by atoms with E-state index in [2.05, 4.69) is 11.4 Å². The normalized spacial score (nSPS) is 11.9. The molecule has 1 atom stereocenters. The fourth-order valence-electron chi connectivity index (χ4n) is 3.01. The van der Waals surface area contributed by atoms with Gasteiger partial charge in [-0.2, -0.15) is 0 Å². The van der Waals surface area contributed by atoms with Crippen LogP contribution in [-0.4, -0.2) is 10.9 Å². The predicted octanol–water partition coefficient (Wildman–Crippen LogP) is 5.38.